The van der Waals surface area contributed by atoms with Crippen LogP contribution in [0.1, 0.15) is 16.6 Å². The third kappa shape index (κ3) is 3.78. The van der Waals surface area contributed by atoms with E-state index in [1.807, 2.05) is 0 Å². The first-order valence-electron chi connectivity index (χ1n) is 8.77. The summed E-state index contributed by atoms with van der Waals surface area (Å²) in [6.45, 7) is -0.653. The molecule has 3 N–H and O–H groups in total. The molecule has 1 aliphatic heterocycles. The number of halogens is 1. The summed E-state index contributed by atoms with van der Waals surface area (Å²) < 4.78 is 37.2. The van der Waals surface area contributed by atoms with Gasteiger partial charge in [-0.05, 0) is 12.1 Å². The summed E-state index contributed by atoms with van der Waals surface area (Å²) in [5.74, 6) is -0.295. The second-order valence-electron chi connectivity index (χ2n) is 6.37. The van der Waals surface area contributed by atoms with Crippen LogP contribution in [0.2, 0.25) is 0 Å². The van der Waals surface area contributed by atoms with Crippen molar-refractivity contribution in [1.82, 2.24) is 19.5 Å². The second-order valence-corrected chi connectivity index (χ2v) is 7.05. The quantitative estimate of drug-likeness (QED) is 0.487. The zero-order chi connectivity index (χ0) is 21.3. The van der Waals surface area contributed by atoms with Gasteiger partial charge < -0.3 is 15.2 Å². The number of benzene rings is 1. The zero-order valence-corrected chi connectivity index (χ0v) is 16.1. The lowest BCUT2D eigenvalue weighted by atomic mass is 10.1. The van der Waals surface area contributed by atoms with Crippen LogP contribution in [0.5, 0.6) is 0 Å². The largest absolute Gasteiger partial charge is 0.695 e. The van der Waals surface area contributed by atoms with Gasteiger partial charge in [0.05, 0.1) is 12.9 Å². The Bertz CT molecular complexity index is 1080. The first-order chi connectivity index (χ1) is 14.5. The third-order valence-corrected chi connectivity index (χ3v) is 4.98. The fourth-order valence-electron chi connectivity index (χ4n) is 3.18. The number of hydrogen-bond donors (Lipinski definition) is 3. The van der Waals surface area contributed by atoms with Crippen LogP contribution in [-0.4, -0.2) is 60.4 Å². The van der Waals surface area contributed by atoms with Crippen molar-refractivity contribution in [2.24, 2.45) is 0 Å². The number of carbonyl (C=O) groups is 1. The number of hydrogen-bond acceptors (Lipinski definition) is 8. The van der Waals surface area contributed by atoms with Gasteiger partial charge in [-0.3, -0.25) is 9.36 Å². The Hall–Kier alpha value is -2.89. The second kappa shape index (κ2) is 8.46. The van der Waals surface area contributed by atoms with E-state index < -0.39 is 45.4 Å². The van der Waals surface area contributed by atoms with Crippen LogP contribution in [0, 0.1) is 0 Å². The number of fused-ring (bicyclic) bond motifs is 1. The molecule has 30 heavy (non-hydrogen) atoms. The van der Waals surface area contributed by atoms with E-state index in [1.54, 1.807) is 30.3 Å². The predicted octanol–water partition coefficient (Wildman–Crippen LogP) is 1.34. The Morgan fingerprint density at radius 3 is 2.77 bits per heavy atom. The maximum absolute atomic E-state index is 14.5. The van der Waals surface area contributed by atoms with Gasteiger partial charge >= 0.3 is 8.25 Å². The number of anilines is 1. The molecule has 1 aromatic carbocycles. The molecule has 5 atom stereocenters. The first-order valence-corrected chi connectivity index (χ1v) is 9.90. The number of ether oxygens (including phenoxy) is 1. The lowest BCUT2D eigenvalue weighted by molar-refractivity contribution is -0.0458. The SMILES string of the molecule is O=C(Nc1ncnc2c1ncn2[C@@H]1O[C@H](CO)[C@H](F)[C@H]1O[P+](=O)O)c1ccccc1. The molecule has 0 saturated carbocycles. The highest BCUT2D eigenvalue weighted by atomic mass is 31.1. The van der Waals surface area contributed by atoms with Crippen molar-refractivity contribution in [2.75, 3.05) is 11.9 Å². The fourth-order valence-corrected chi connectivity index (χ4v) is 3.61. The van der Waals surface area contributed by atoms with E-state index in [0.29, 0.717) is 5.56 Å². The third-order valence-electron chi connectivity index (χ3n) is 4.56. The number of aromatic nitrogens is 4. The number of aliphatic hydroxyl groups excluding tert-OH is 1. The number of carbonyl (C=O) groups excluding carboxylic acids is 1. The van der Waals surface area contributed by atoms with Crippen LogP contribution in [0.15, 0.2) is 43.0 Å². The van der Waals surface area contributed by atoms with E-state index in [0.717, 1.165) is 0 Å². The normalized spacial score (nSPS) is 24.2. The minimum absolute atomic E-state index is 0.117. The number of alkyl halides is 1. The Balaban J connectivity index is 1.67. The van der Waals surface area contributed by atoms with Gasteiger partial charge in [0.2, 0.25) is 0 Å². The summed E-state index contributed by atoms with van der Waals surface area (Å²) in [6, 6.07) is 8.47. The Kier molecular flexibility index (Phi) is 5.75. The minimum atomic E-state index is -3.13. The standard InChI is InChI=1S/C17H15FN5O6P/c18-11-10(6-24)28-17(13(11)29-30(26)27)23-8-21-12-14(19-7-20-15(12)23)22-16(25)9-4-2-1-3-5-9/h1-5,7-8,10-11,13,17,24H,6H2,(H-,19,20,22,25,26,27)/p+1/t10-,11+,13-,17-/m1/s1. The van der Waals surface area contributed by atoms with Crippen LogP contribution >= 0.6 is 8.25 Å². The highest BCUT2D eigenvalue weighted by Crippen LogP contribution is 2.39. The highest BCUT2D eigenvalue weighted by Gasteiger charge is 2.51. The van der Waals surface area contributed by atoms with E-state index in [4.69, 9.17) is 14.2 Å². The van der Waals surface area contributed by atoms with Crippen molar-refractivity contribution in [3.05, 3.63) is 48.5 Å². The molecule has 0 spiro atoms. The zero-order valence-electron chi connectivity index (χ0n) is 15.2. The van der Waals surface area contributed by atoms with Crippen molar-refractivity contribution in [1.29, 1.82) is 0 Å². The summed E-state index contributed by atoms with van der Waals surface area (Å²) in [4.78, 5) is 33.8. The molecule has 2 aromatic heterocycles. The summed E-state index contributed by atoms with van der Waals surface area (Å²) in [7, 11) is -3.13. The van der Waals surface area contributed by atoms with Crippen molar-refractivity contribution in [3.63, 3.8) is 0 Å². The molecule has 1 aliphatic rings. The molecule has 13 heteroatoms. The summed E-state index contributed by atoms with van der Waals surface area (Å²) >= 11 is 0. The lowest BCUT2D eigenvalue weighted by Crippen LogP contribution is -2.30. The molecule has 1 fully saturated rings. The van der Waals surface area contributed by atoms with Crippen LogP contribution < -0.4 is 5.32 Å². The Labute approximate surface area is 169 Å². The predicted molar refractivity (Wildman–Crippen MR) is 100 cm³/mol. The molecule has 156 valence electrons. The smallest absolute Gasteiger partial charge is 0.394 e. The van der Waals surface area contributed by atoms with E-state index in [9.17, 15) is 18.9 Å². The molecular weight excluding hydrogens is 420 g/mol. The van der Waals surface area contributed by atoms with Crippen LogP contribution in [-0.2, 0) is 13.8 Å². The average molecular weight is 436 g/mol. The molecule has 1 amide bonds. The molecule has 1 unspecified atom stereocenters. The molecule has 11 nitrogen and oxygen atoms in total. The lowest BCUT2D eigenvalue weighted by Gasteiger charge is -2.16. The molecule has 0 radical (unpaired) electrons. The van der Waals surface area contributed by atoms with E-state index >= 15 is 0 Å². The van der Waals surface area contributed by atoms with Gasteiger partial charge in [0, 0.05) is 10.1 Å². The molecule has 0 bridgehead atoms. The summed E-state index contributed by atoms with van der Waals surface area (Å²) in [6.07, 6.45) is -3.38. The number of aliphatic hydroxyl groups is 1. The van der Waals surface area contributed by atoms with Crippen molar-refractivity contribution >= 4 is 31.1 Å². The van der Waals surface area contributed by atoms with E-state index in [1.165, 1.54) is 17.2 Å². The van der Waals surface area contributed by atoms with Gasteiger partial charge in [0.25, 0.3) is 5.91 Å². The summed E-state index contributed by atoms with van der Waals surface area (Å²) in [5.41, 5.74) is 0.778. The van der Waals surface area contributed by atoms with E-state index in [2.05, 4.69) is 20.3 Å². The number of rotatable bonds is 6. The number of imidazole rings is 1. The molecule has 4 rings (SSSR count). The van der Waals surface area contributed by atoms with Crippen molar-refractivity contribution in [3.8, 4) is 0 Å². The topological polar surface area (TPSA) is 149 Å². The minimum Gasteiger partial charge on any atom is -0.394 e. The van der Waals surface area contributed by atoms with E-state index in [-0.39, 0.29) is 17.0 Å². The number of nitrogens with one attached hydrogen (secondary N) is 1. The molecule has 0 aliphatic carbocycles. The van der Waals surface area contributed by atoms with Gasteiger partial charge in [0.1, 0.15) is 12.4 Å². The highest BCUT2D eigenvalue weighted by molar-refractivity contribution is 7.32. The van der Waals surface area contributed by atoms with Gasteiger partial charge in [-0.1, -0.05) is 18.2 Å². The average Bonchev–Trinajstić information content (AvgIpc) is 3.30. The van der Waals surface area contributed by atoms with Gasteiger partial charge in [0.15, 0.2) is 35.5 Å². The van der Waals surface area contributed by atoms with Crippen LogP contribution in [0.25, 0.3) is 11.2 Å². The van der Waals surface area contributed by atoms with Crippen molar-refractivity contribution in [2.45, 2.75) is 24.6 Å². The molecular formula is C17H16FN5O6P+. The number of amides is 1. The Morgan fingerprint density at radius 2 is 2.07 bits per heavy atom. The molecule has 3 aromatic rings. The molecule has 1 saturated heterocycles. The van der Waals surface area contributed by atoms with Crippen LogP contribution in [0.4, 0.5) is 10.2 Å². The maximum atomic E-state index is 14.5. The van der Waals surface area contributed by atoms with Gasteiger partial charge in [-0.15, -0.1) is 9.42 Å². The van der Waals surface area contributed by atoms with Gasteiger partial charge in [-0.25, -0.2) is 19.3 Å². The Morgan fingerprint density at radius 1 is 1.30 bits per heavy atom. The molecule has 3 heterocycles. The first kappa shape index (κ1) is 20.4. The maximum Gasteiger partial charge on any atom is 0.695 e. The monoisotopic (exact) mass is 436 g/mol. The summed E-state index contributed by atoms with van der Waals surface area (Å²) in [5, 5.41) is 12.0. The number of nitrogens with zero attached hydrogens (tertiary/aromatic N) is 4. The van der Waals surface area contributed by atoms with Crippen molar-refractivity contribution < 1.29 is 33.0 Å². The van der Waals surface area contributed by atoms with Crippen LogP contribution in [0.3, 0.4) is 0 Å². The van der Waals surface area contributed by atoms with Gasteiger partial charge in [-0.2, -0.15) is 0 Å². The fraction of sp³-hybridized carbons (Fsp3) is 0.294.